The number of aromatic amines is 1. The van der Waals surface area contributed by atoms with Crippen molar-refractivity contribution >= 4 is 32.8 Å². The molecule has 1 heterocycles. The maximum atomic E-state index is 14.0. The molecule has 0 bridgehead atoms. The maximum absolute atomic E-state index is 14.0. The first-order chi connectivity index (χ1) is 8.87. The fraction of sp³-hybridized carbons (Fsp3) is 0.308. The minimum atomic E-state index is -3.68. The van der Waals surface area contributed by atoms with Crippen molar-refractivity contribution < 1.29 is 18.3 Å². The third-order valence-corrected chi connectivity index (χ3v) is 3.36. The Balaban J connectivity index is 2.56. The van der Waals surface area contributed by atoms with Gasteiger partial charge in [-0.05, 0) is 37.6 Å². The Morgan fingerprint density at radius 1 is 1.47 bits per heavy atom. The van der Waals surface area contributed by atoms with E-state index in [-0.39, 0.29) is 6.61 Å². The number of nitrogens with one attached hydrogen (secondary N) is 1. The molecular weight excluding hydrogens is 320 g/mol. The summed E-state index contributed by atoms with van der Waals surface area (Å²) >= 11 is 3.29. The van der Waals surface area contributed by atoms with E-state index in [9.17, 15) is 13.6 Å². The highest BCUT2D eigenvalue weighted by Gasteiger charge is 2.45. The van der Waals surface area contributed by atoms with E-state index in [0.717, 1.165) is 4.47 Å². The lowest BCUT2D eigenvalue weighted by atomic mass is 10.1. The van der Waals surface area contributed by atoms with Gasteiger partial charge < -0.3 is 9.72 Å². The fourth-order valence-corrected chi connectivity index (χ4v) is 2.30. The van der Waals surface area contributed by atoms with Gasteiger partial charge in [0.15, 0.2) is 0 Å². The van der Waals surface area contributed by atoms with E-state index in [0.29, 0.717) is 16.5 Å². The Morgan fingerprint density at radius 2 is 2.16 bits per heavy atom. The van der Waals surface area contributed by atoms with Crippen molar-refractivity contribution in [3.63, 3.8) is 0 Å². The summed E-state index contributed by atoms with van der Waals surface area (Å²) < 4.78 is 33.2. The number of esters is 1. The van der Waals surface area contributed by atoms with Crippen LogP contribution in [0.3, 0.4) is 0 Å². The first-order valence-electron chi connectivity index (χ1n) is 5.71. The van der Waals surface area contributed by atoms with Crippen LogP contribution in [0.15, 0.2) is 22.7 Å². The highest BCUT2D eigenvalue weighted by molar-refractivity contribution is 9.10. The number of H-pyrrole nitrogens is 1. The topological polar surface area (TPSA) is 42.1 Å². The van der Waals surface area contributed by atoms with Crippen LogP contribution in [-0.4, -0.2) is 17.6 Å². The molecule has 2 rings (SSSR count). The van der Waals surface area contributed by atoms with Crippen LogP contribution in [0.2, 0.25) is 0 Å². The van der Waals surface area contributed by atoms with Crippen molar-refractivity contribution in [2.45, 2.75) is 19.8 Å². The third-order valence-electron chi connectivity index (χ3n) is 2.87. The largest absolute Gasteiger partial charge is 0.461 e. The number of hydrogen-bond donors (Lipinski definition) is 1. The second kappa shape index (κ2) is 4.92. The number of rotatable bonds is 3. The van der Waals surface area contributed by atoms with Gasteiger partial charge in [-0.25, -0.2) is 4.79 Å². The van der Waals surface area contributed by atoms with Crippen molar-refractivity contribution in [3.05, 3.63) is 33.9 Å². The van der Waals surface area contributed by atoms with Crippen LogP contribution < -0.4 is 0 Å². The molecule has 0 aliphatic rings. The van der Waals surface area contributed by atoms with Gasteiger partial charge >= 0.3 is 11.9 Å². The number of aromatic nitrogens is 1. The van der Waals surface area contributed by atoms with E-state index in [2.05, 4.69) is 25.7 Å². The molecule has 0 atom stereocenters. The number of ether oxygens (including phenoxy) is 1. The Labute approximate surface area is 117 Å². The number of benzene rings is 1. The Morgan fingerprint density at radius 3 is 2.79 bits per heavy atom. The van der Waals surface area contributed by atoms with Crippen molar-refractivity contribution in [1.29, 1.82) is 0 Å². The molecule has 0 radical (unpaired) electrons. The quantitative estimate of drug-likeness (QED) is 0.867. The minimum absolute atomic E-state index is 0.0841. The van der Waals surface area contributed by atoms with E-state index >= 15 is 0 Å². The predicted molar refractivity (Wildman–Crippen MR) is 71.3 cm³/mol. The molecule has 1 N–H and O–H groups in total. The summed E-state index contributed by atoms with van der Waals surface area (Å²) in [6, 6.07) is 5.15. The standard InChI is InChI=1S/C13H12BrF2NO2/c1-3-19-12(18)13(15,16)11-7(2)9-6-8(14)4-5-10(9)17-11/h4-6,17H,3H2,1-2H3. The molecular formula is C13H12BrF2NO2. The third kappa shape index (κ3) is 2.36. The number of carbonyl (C=O) groups excluding carboxylic acids is 1. The van der Waals surface area contributed by atoms with E-state index in [1.54, 1.807) is 25.1 Å². The zero-order valence-corrected chi connectivity index (χ0v) is 12.0. The Hall–Kier alpha value is -1.43. The van der Waals surface area contributed by atoms with E-state index < -0.39 is 17.6 Å². The van der Waals surface area contributed by atoms with Crippen molar-refractivity contribution in [2.75, 3.05) is 6.61 Å². The number of alkyl halides is 2. The molecule has 19 heavy (non-hydrogen) atoms. The second-order valence-electron chi connectivity index (χ2n) is 4.11. The van der Waals surface area contributed by atoms with E-state index in [1.165, 1.54) is 6.92 Å². The van der Waals surface area contributed by atoms with E-state index in [1.807, 2.05) is 0 Å². The molecule has 2 aromatic rings. The summed E-state index contributed by atoms with van der Waals surface area (Å²) in [5.41, 5.74) is 0.480. The van der Waals surface area contributed by atoms with Gasteiger partial charge in [-0.1, -0.05) is 15.9 Å². The van der Waals surface area contributed by atoms with E-state index in [4.69, 9.17) is 0 Å². The summed E-state index contributed by atoms with van der Waals surface area (Å²) in [7, 11) is 0. The average molecular weight is 332 g/mol. The van der Waals surface area contributed by atoms with Crippen LogP contribution in [0.1, 0.15) is 18.2 Å². The summed E-state index contributed by atoms with van der Waals surface area (Å²) in [4.78, 5) is 14.0. The Bertz CT molecular complexity index is 637. The zero-order valence-electron chi connectivity index (χ0n) is 10.4. The normalized spacial score (nSPS) is 11.8. The molecule has 102 valence electrons. The zero-order chi connectivity index (χ0) is 14.2. The molecule has 0 aliphatic heterocycles. The summed E-state index contributed by atoms with van der Waals surface area (Å²) in [5, 5.41) is 0.647. The van der Waals surface area contributed by atoms with Crippen LogP contribution in [0.5, 0.6) is 0 Å². The van der Waals surface area contributed by atoms with Crippen LogP contribution in [0, 0.1) is 6.92 Å². The number of fused-ring (bicyclic) bond motifs is 1. The molecule has 1 aromatic carbocycles. The molecule has 0 amide bonds. The summed E-state index contributed by atoms with van der Waals surface area (Å²) in [6.45, 7) is 2.95. The maximum Gasteiger partial charge on any atom is 0.383 e. The monoisotopic (exact) mass is 331 g/mol. The molecule has 0 saturated heterocycles. The summed E-state index contributed by atoms with van der Waals surface area (Å²) in [5.74, 6) is -5.21. The number of halogens is 3. The molecule has 0 unspecified atom stereocenters. The molecule has 0 fully saturated rings. The van der Waals surface area contributed by atoms with Gasteiger partial charge in [0, 0.05) is 15.4 Å². The van der Waals surface area contributed by atoms with Crippen molar-refractivity contribution in [3.8, 4) is 0 Å². The van der Waals surface area contributed by atoms with Gasteiger partial charge in [0.25, 0.3) is 0 Å². The van der Waals surface area contributed by atoms with Gasteiger partial charge in [-0.15, -0.1) is 0 Å². The predicted octanol–water partition coefficient (Wildman–Crippen LogP) is 3.89. The highest BCUT2D eigenvalue weighted by atomic mass is 79.9. The first kappa shape index (κ1) is 14.0. The number of aryl methyl sites for hydroxylation is 1. The van der Waals surface area contributed by atoms with Crippen LogP contribution in [0.4, 0.5) is 8.78 Å². The van der Waals surface area contributed by atoms with Gasteiger partial charge in [0.05, 0.1) is 6.61 Å². The lowest BCUT2D eigenvalue weighted by Gasteiger charge is -2.14. The van der Waals surface area contributed by atoms with Crippen LogP contribution in [0.25, 0.3) is 10.9 Å². The number of hydrogen-bond acceptors (Lipinski definition) is 2. The van der Waals surface area contributed by atoms with Crippen LogP contribution in [-0.2, 0) is 15.5 Å². The second-order valence-corrected chi connectivity index (χ2v) is 5.03. The number of carbonyl (C=O) groups is 1. The SMILES string of the molecule is CCOC(=O)C(F)(F)c1[nH]c2ccc(Br)cc2c1C. The van der Waals surface area contributed by atoms with Gasteiger partial charge in [-0.3, -0.25) is 0 Å². The van der Waals surface area contributed by atoms with Crippen molar-refractivity contribution in [1.82, 2.24) is 4.98 Å². The molecule has 3 nitrogen and oxygen atoms in total. The molecule has 1 aromatic heterocycles. The molecule has 0 saturated carbocycles. The lowest BCUT2D eigenvalue weighted by molar-refractivity contribution is -0.173. The first-order valence-corrected chi connectivity index (χ1v) is 6.50. The highest BCUT2D eigenvalue weighted by Crippen LogP contribution is 2.35. The smallest absolute Gasteiger partial charge is 0.383 e. The fourth-order valence-electron chi connectivity index (χ4n) is 1.94. The average Bonchev–Trinajstić information content (AvgIpc) is 2.68. The molecule has 0 aliphatic carbocycles. The minimum Gasteiger partial charge on any atom is -0.461 e. The van der Waals surface area contributed by atoms with Crippen LogP contribution >= 0.6 is 15.9 Å². The molecule has 6 heteroatoms. The summed E-state index contributed by atoms with van der Waals surface area (Å²) in [6.07, 6.45) is 0. The van der Waals surface area contributed by atoms with Gasteiger partial charge in [-0.2, -0.15) is 8.78 Å². The Kier molecular flexibility index (Phi) is 3.62. The van der Waals surface area contributed by atoms with Gasteiger partial charge in [0.1, 0.15) is 5.69 Å². The van der Waals surface area contributed by atoms with Crippen molar-refractivity contribution in [2.24, 2.45) is 0 Å². The molecule has 0 spiro atoms. The lowest BCUT2D eigenvalue weighted by Crippen LogP contribution is -2.29. The van der Waals surface area contributed by atoms with Gasteiger partial charge in [0.2, 0.25) is 0 Å².